The Morgan fingerprint density at radius 2 is 1.85 bits per heavy atom. The summed E-state index contributed by atoms with van der Waals surface area (Å²) >= 11 is 0. The van der Waals surface area contributed by atoms with Crippen molar-refractivity contribution in [1.29, 1.82) is 0 Å². The van der Waals surface area contributed by atoms with E-state index in [1.807, 2.05) is 19.2 Å². The van der Waals surface area contributed by atoms with Crippen molar-refractivity contribution in [3.8, 4) is 0 Å². The first kappa shape index (κ1) is 14.6. The molecular weight excluding hydrogens is 244 g/mol. The van der Waals surface area contributed by atoms with E-state index in [1.165, 1.54) is 30.4 Å². The SMILES string of the molecule is CCCCc1ccc(C(C)Nc2ccc(C)nc2)cc1. The Labute approximate surface area is 122 Å². The van der Waals surface area contributed by atoms with Crippen LogP contribution in [0.1, 0.15) is 49.6 Å². The Balaban J connectivity index is 1.98. The molecule has 1 atom stereocenters. The molecule has 1 aromatic heterocycles. The molecular formula is C18H24N2. The summed E-state index contributed by atoms with van der Waals surface area (Å²) in [5.74, 6) is 0. The number of hydrogen-bond donors (Lipinski definition) is 1. The highest BCUT2D eigenvalue weighted by molar-refractivity contribution is 5.43. The number of nitrogens with one attached hydrogen (secondary N) is 1. The van der Waals surface area contributed by atoms with Gasteiger partial charge >= 0.3 is 0 Å². The van der Waals surface area contributed by atoms with E-state index in [9.17, 15) is 0 Å². The number of rotatable bonds is 6. The van der Waals surface area contributed by atoms with Gasteiger partial charge in [-0.3, -0.25) is 4.98 Å². The molecule has 0 bridgehead atoms. The predicted molar refractivity (Wildman–Crippen MR) is 86.1 cm³/mol. The summed E-state index contributed by atoms with van der Waals surface area (Å²) < 4.78 is 0. The number of benzene rings is 1. The molecule has 0 amide bonds. The summed E-state index contributed by atoms with van der Waals surface area (Å²) in [6.07, 6.45) is 5.59. The quantitative estimate of drug-likeness (QED) is 0.805. The van der Waals surface area contributed by atoms with Crippen LogP contribution < -0.4 is 5.32 Å². The summed E-state index contributed by atoms with van der Waals surface area (Å²) in [6, 6.07) is 13.3. The fourth-order valence-corrected chi connectivity index (χ4v) is 2.24. The van der Waals surface area contributed by atoms with Gasteiger partial charge in [-0.15, -0.1) is 0 Å². The first-order valence-electron chi connectivity index (χ1n) is 7.47. The minimum Gasteiger partial charge on any atom is -0.377 e. The Hall–Kier alpha value is -1.83. The Kier molecular flexibility index (Phi) is 5.16. The van der Waals surface area contributed by atoms with Crippen LogP contribution in [0, 0.1) is 6.92 Å². The topological polar surface area (TPSA) is 24.9 Å². The molecule has 0 saturated carbocycles. The summed E-state index contributed by atoms with van der Waals surface area (Å²) in [5.41, 5.74) is 4.85. The minimum absolute atomic E-state index is 0.291. The lowest BCUT2D eigenvalue weighted by Crippen LogP contribution is -2.07. The predicted octanol–water partition coefficient (Wildman–Crippen LogP) is 4.91. The summed E-state index contributed by atoms with van der Waals surface area (Å²) in [6.45, 7) is 6.42. The molecule has 2 nitrogen and oxygen atoms in total. The normalized spacial score (nSPS) is 12.2. The third-order valence-electron chi connectivity index (χ3n) is 3.59. The van der Waals surface area contributed by atoms with Gasteiger partial charge in [-0.25, -0.2) is 0 Å². The van der Waals surface area contributed by atoms with Gasteiger partial charge in [-0.2, -0.15) is 0 Å². The first-order chi connectivity index (χ1) is 9.69. The molecule has 2 aromatic rings. The van der Waals surface area contributed by atoms with Crippen LogP contribution in [0.3, 0.4) is 0 Å². The van der Waals surface area contributed by atoms with Crippen molar-refractivity contribution in [2.75, 3.05) is 5.32 Å². The van der Waals surface area contributed by atoms with Gasteiger partial charge in [0.05, 0.1) is 11.9 Å². The zero-order chi connectivity index (χ0) is 14.4. The zero-order valence-electron chi connectivity index (χ0n) is 12.7. The van der Waals surface area contributed by atoms with Crippen LogP contribution in [-0.4, -0.2) is 4.98 Å². The van der Waals surface area contributed by atoms with Crippen molar-refractivity contribution in [3.63, 3.8) is 0 Å². The van der Waals surface area contributed by atoms with Gasteiger partial charge in [0.1, 0.15) is 0 Å². The summed E-state index contributed by atoms with van der Waals surface area (Å²) in [7, 11) is 0. The molecule has 0 fully saturated rings. The fraction of sp³-hybridized carbons (Fsp3) is 0.389. The summed E-state index contributed by atoms with van der Waals surface area (Å²) in [5, 5.41) is 3.49. The lowest BCUT2D eigenvalue weighted by molar-refractivity contribution is 0.793. The molecule has 0 saturated heterocycles. The van der Waals surface area contributed by atoms with Crippen molar-refractivity contribution in [2.24, 2.45) is 0 Å². The molecule has 1 heterocycles. The van der Waals surface area contributed by atoms with Crippen molar-refractivity contribution in [3.05, 3.63) is 59.4 Å². The van der Waals surface area contributed by atoms with Gasteiger partial charge in [0.15, 0.2) is 0 Å². The summed E-state index contributed by atoms with van der Waals surface area (Å²) in [4.78, 5) is 4.31. The highest BCUT2D eigenvalue weighted by Gasteiger charge is 2.05. The average molecular weight is 268 g/mol. The molecule has 1 N–H and O–H groups in total. The third kappa shape index (κ3) is 4.09. The second-order valence-electron chi connectivity index (χ2n) is 5.40. The van der Waals surface area contributed by atoms with Crippen LogP contribution in [0.2, 0.25) is 0 Å². The van der Waals surface area contributed by atoms with Crippen molar-refractivity contribution in [2.45, 2.75) is 46.1 Å². The van der Waals surface area contributed by atoms with Crippen LogP contribution in [0.25, 0.3) is 0 Å². The molecule has 2 heteroatoms. The maximum absolute atomic E-state index is 4.31. The number of anilines is 1. The monoisotopic (exact) mass is 268 g/mol. The second kappa shape index (κ2) is 7.09. The highest BCUT2D eigenvalue weighted by Crippen LogP contribution is 2.19. The number of aryl methyl sites for hydroxylation is 2. The van der Waals surface area contributed by atoms with E-state index in [2.05, 4.69) is 54.5 Å². The van der Waals surface area contributed by atoms with E-state index in [1.54, 1.807) is 0 Å². The van der Waals surface area contributed by atoms with Crippen LogP contribution in [-0.2, 0) is 6.42 Å². The van der Waals surface area contributed by atoms with Crippen LogP contribution in [0.5, 0.6) is 0 Å². The highest BCUT2D eigenvalue weighted by atomic mass is 14.9. The van der Waals surface area contributed by atoms with E-state index in [0.29, 0.717) is 6.04 Å². The molecule has 0 aliphatic rings. The van der Waals surface area contributed by atoms with Crippen LogP contribution >= 0.6 is 0 Å². The van der Waals surface area contributed by atoms with Gasteiger partial charge in [0.2, 0.25) is 0 Å². The fourth-order valence-electron chi connectivity index (χ4n) is 2.24. The molecule has 1 unspecified atom stereocenters. The van der Waals surface area contributed by atoms with Crippen LogP contribution in [0.15, 0.2) is 42.6 Å². The molecule has 106 valence electrons. The smallest absolute Gasteiger partial charge is 0.0531 e. The maximum atomic E-state index is 4.31. The van der Waals surface area contributed by atoms with E-state index in [-0.39, 0.29) is 0 Å². The Morgan fingerprint density at radius 1 is 1.10 bits per heavy atom. The van der Waals surface area contributed by atoms with Gasteiger partial charge < -0.3 is 5.32 Å². The van der Waals surface area contributed by atoms with Gasteiger partial charge in [-0.05, 0) is 49.9 Å². The number of pyridine rings is 1. The lowest BCUT2D eigenvalue weighted by atomic mass is 10.0. The maximum Gasteiger partial charge on any atom is 0.0531 e. The van der Waals surface area contributed by atoms with E-state index in [4.69, 9.17) is 0 Å². The molecule has 2 rings (SSSR count). The standard InChI is InChI=1S/C18H24N2/c1-4-5-6-16-8-10-17(11-9-16)15(3)20-18-12-7-14(2)19-13-18/h7-13,15,20H,4-6H2,1-3H3. The molecule has 1 aromatic carbocycles. The molecule has 20 heavy (non-hydrogen) atoms. The van der Waals surface area contributed by atoms with Crippen molar-refractivity contribution in [1.82, 2.24) is 4.98 Å². The van der Waals surface area contributed by atoms with Crippen molar-refractivity contribution >= 4 is 5.69 Å². The minimum atomic E-state index is 0.291. The van der Waals surface area contributed by atoms with Gasteiger partial charge in [-0.1, -0.05) is 37.6 Å². The van der Waals surface area contributed by atoms with E-state index < -0.39 is 0 Å². The van der Waals surface area contributed by atoms with E-state index >= 15 is 0 Å². The van der Waals surface area contributed by atoms with Gasteiger partial charge in [0.25, 0.3) is 0 Å². The number of unbranched alkanes of at least 4 members (excludes halogenated alkanes) is 1. The lowest BCUT2D eigenvalue weighted by Gasteiger charge is -2.16. The molecule has 0 aliphatic carbocycles. The molecule has 0 radical (unpaired) electrons. The second-order valence-corrected chi connectivity index (χ2v) is 5.40. The Bertz CT molecular complexity index is 514. The van der Waals surface area contributed by atoms with Crippen molar-refractivity contribution < 1.29 is 0 Å². The average Bonchev–Trinajstić information content (AvgIpc) is 2.48. The third-order valence-corrected chi connectivity index (χ3v) is 3.59. The first-order valence-corrected chi connectivity index (χ1v) is 7.47. The van der Waals surface area contributed by atoms with Gasteiger partial charge in [0, 0.05) is 11.7 Å². The Morgan fingerprint density at radius 3 is 2.45 bits per heavy atom. The number of nitrogens with zero attached hydrogens (tertiary/aromatic N) is 1. The van der Waals surface area contributed by atoms with Crippen LogP contribution in [0.4, 0.5) is 5.69 Å². The number of aromatic nitrogens is 1. The largest absolute Gasteiger partial charge is 0.377 e. The molecule has 0 spiro atoms. The molecule has 0 aliphatic heterocycles. The zero-order valence-corrected chi connectivity index (χ0v) is 12.7. The number of hydrogen-bond acceptors (Lipinski definition) is 2. The van der Waals surface area contributed by atoms with E-state index in [0.717, 1.165) is 11.4 Å².